The average molecular weight is 282 g/mol. The highest BCUT2D eigenvalue weighted by molar-refractivity contribution is 6.00. The molecule has 1 aliphatic rings. The number of nitrogens with two attached hydrogens (primary N) is 1. The number of nitrogens with zero attached hydrogens (tertiary/aromatic N) is 1. The van der Waals surface area contributed by atoms with Gasteiger partial charge in [0.1, 0.15) is 0 Å². The summed E-state index contributed by atoms with van der Waals surface area (Å²) >= 11 is 0. The highest BCUT2D eigenvalue weighted by atomic mass is 16.1. The van der Waals surface area contributed by atoms with Crippen LogP contribution in [0.25, 0.3) is 10.9 Å². The Kier molecular flexibility index (Phi) is 3.77. The summed E-state index contributed by atoms with van der Waals surface area (Å²) in [6.07, 6.45) is 5.92. The Morgan fingerprint density at radius 2 is 1.95 bits per heavy atom. The van der Waals surface area contributed by atoms with E-state index in [0.717, 1.165) is 47.8 Å². The molecule has 0 bridgehead atoms. The first-order valence-corrected chi connectivity index (χ1v) is 7.75. The van der Waals surface area contributed by atoms with Crippen LogP contribution in [0.15, 0.2) is 30.3 Å². The number of carbonyl (C=O) groups is 1. The molecule has 1 aromatic heterocycles. The lowest BCUT2D eigenvalue weighted by Crippen LogP contribution is -2.43. The van der Waals surface area contributed by atoms with Gasteiger partial charge in [-0.25, -0.2) is 0 Å². The number of benzene rings is 1. The predicted molar refractivity (Wildman–Crippen MR) is 85.4 cm³/mol. The summed E-state index contributed by atoms with van der Waals surface area (Å²) in [4.78, 5) is 17.0. The Hall–Kier alpha value is -1.74. The summed E-state index contributed by atoms with van der Waals surface area (Å²) in [6.45, 7) is 1.97. The van der Waals surface area contributed by atoms with Crippen molar-refractivity contribution < 1.29 is 4.79 Å². The zero-order valence-electron chi connectivity index (χ0n) is 12.6. The molecule has 0 unspecified atom stereocenters. The summed E-state index contributed by atoms with van der Waals surface area (Å²) in [5.74, 6) is 0.155. The molecule has 3 nitrogen and oxygen atoms in total. The molecule has 0 radical (unpaired) electrons. The number of ketones is 1. The van der Waals surface area contributed by atoms with Gasteiger partial charge in [0.2, 0.25) is 0 Å². The normalized spacial score (nSPS) is 17.8. The van der Waals surface area contributed by atoms with E-state index in [2.05, 4.69) is 4.98 Å². The summed E-state index contributed by atoms with van der Waals surface area (Å²) < 4.78 is 0. The minimum Gasteiger partial charge on any atom is -0.325 e. The van der Waals surface area contributed by atoms with Crippen molar-refractivity contribution in [1.29, 1.82) is 0 Å². The van der Waals surface area contributed by atoms with Crippen LogP contribution in [0.3, 0.4) is 0 Å². The van der Waals surface area contributed by atoms with Crippen LogP contribution in [-0.4, -0.2) is 16.3 Å². The second kappa shape index (κ2) is 5.57. The first-order valence-electron chi connectivity index (χ1n) is 7.75. The SMILES string of the molecule is Cc1ccc2cc(C(=O)CC3(N)CCCCC3)ccc2n1. The van der Waals surface area contributed by atoms with Crippen molar-refractivity contribution in [2.75, 3.05) is 0 Å². The average Bonchev–Trinajstić information content (AvgIpc) is 2.47. The van der Waals surface area contributed by atoms with Gasteiger partial charge in [0.05, 0.1) is 5.52 Å². The molecule has 0 spiro atoms. The van der Waals surface area contributed by atoms with Crippen LogP contribution in [0.1, 0.15) is 54.6 Å². The molecular formula is C18H22N2O. The summed E-state index contributed by atoms with van der Waals surface area (Å²) in [6, 6.07) is 9.74. The van der Waals surface area contributed by atoms with Gasteiger partial charge in [-0.1, -0.05) is 25.3 Å². The lowest BCUT2D eigenvalue weighted by molar-refractivity contribution is 0.0935. The van der Waals surface area contributed by atoms with E-state index in [0.29, 0.717) is 6.42 Å². The van der Waals surface area contributed by atoms with E-state index in [1.54, 1.807) is 0 Å². The van der Waals surface area contributed by atoms with E-state index in [-0.39, 0.29) is 11.3 Å². The molecule has 1 aromatic carbocycles. The molecule has 110 valence electrons. The van der Waals surface area contributed by atoms with Crippen molar-refractivity contribution in [2.45, 2.75) is 51.0 Å². The number of fused-ring (bicyclic) bond motifs is 1. The molecular weight excluding hydrogens is 260 g/mol. The molecule has 0 atom stereocenters. The molecule has 3 rings (SSSR count). The van der Waals surface area contributed by atoms with Crippen molar-refractivity contribution in [1.82, 2.24) is 4.98 Å². The maximum atomic E-state index is 12.5. The maximum Gasteiger partial charge on any atom is 0.164 e. The van der Waals surface area contributed by atoms with Gasteiger partial charge < -0.3 is 5.73 Å². The van der Waals surface area contributed by atoms with E-state index in [1.165, 1.54) is 6.42 Å². The number of pyridine rings is 1. The molecule has 2 N–H and O–H groups in total. The van der Waals surface area contributed by atoms with E-state index in [4.69, 9.17) is 5.73 Å². The molecule has 1 heterocycles. The minimum absolute atomic E-state index is 0.155. The zero-order chi connectivity index (χ0) is 14.9. The van der Waals surface area contributed by atoms with E-state index in [9.17, 15) is 4.79 Å². The van der Waals surface area contributed by atoms with Crippen LogP contribution >= 0.6 is 0 Å². The number of aromatic nitrogens is 1. The van der Waals surface area contributed by atoms with Crippen LogP contribution in [-0.2, 0) is 0 Å². The standard InChI is InChI=1S/C18H22N2O/c1-13-5-6-14-11-15(7-8-16(14)20-13)17(21)12-18(19)9-3-2-4-10-18/h5-8,11H,2-4,9-10,12,19H2,1H3. The Balaban J connectivity index is 1.82. The molecule has 2 aromatic rings. The van der Waals surface area contributed by atoms with Gasteiger partial charge in [0, 0.05) is 28.6 Å². The number of rotatable bonds is 3. The minimum atomic E-state index is -0.296. The Labute approximate surface area is 125 Å². The fourth-order valence-corrected chi connectivity index (χ4v) is 3.26. The Morgan fingerprint density at radius 1 is 1.19 bits per heavy atom. The van der Waals surface area contributed by atoms with Gasteiger partial charge in [-0.3, -0.25) is 9.78 Å². The quantitative estimate of drug-likeness (QED) is 0.872. The third-order valence-corrected chi connectivity index (χ3v) is 4.51. The van der Waals surface area contributed by atoms with E-state index < -0.39 is 0 Å². The first-order chi connectivity index (χ1) is 10.1. The van der Waals surface area contributed by atoms with Crippen molar-refractivity contribution in [2.24, 2.45) is 5.73 Å². The highest BCUT2D eigenvalue weighted by Crippen LogP contribution is 2.30. The van der Waals surface area contributed by atoms with Crippen molar-refractivity contribution in [3.05, 3.63) is 41.6 Å². The monoisotopic (exact) mass is 282 g/mol. The number of carbonyl (C=O) groups excluding carboxylic acids is 1. The molecule has 1 aliphatic carbocycles. The van der Waals surface area contributed by atoms with Crippen LogP contribution < -0.4 is 5.73 Å². The third kappa shape index (κ3) is 3.13. The first kappa shape index (κ1) is 14.2. The molecule has 1 saturated carbocycles. The fourth-order valence-electron chi connectivity index (χ4n) is 3.26. The Morgan fingerprint density at radius 3 is 2.71 bits per heavy atom. The molecule has 3 heteroatoms. The largest absolute Gasteiger partial charge is 0.325 e. The van der Waals surface area contributed by atoms with E-state index in [1.807, 2.05) is 37.3 Å². The zero-order valence-corrected chi connectivity index (χ0v) is 12.6. The van der Waals surface area contributed by atoms with Crippen molar-refractivity contribution >= 4 is 16.7 Å². The summed E-state index contributed by atoms with van der Waals surface area (Å²) in [7, 11) is 0. The Bertz CT molecular complexity index is 672. The fraction of sp³-hybridized carbons (Fsp3) is 0.444. The van der Waals surface area contributed by atoms with Crippen LogP contribution in [0.2, 0.25) is 0 Å². The van der Waals surface area contributed by atoms with Gasteiger partial charge in [-0.05, 0) is 44.0 Å². The van der Waals surface area contributed by atoms with Gasteiger partial charge >= 0.3 is 0 Å². The molecule has 0 aliphatic heterocycles. The number of Topliss-reactive ketones (excluding diaryl/α,β-unsaturated/α-hetero) is 1. The van der Waals surface area contributed by atoms with Gasteiger partial charge in [0.15, 0.2) is 5.78 Å². The summed E-state index contributed by atoms with van der Waals surface area (Å²) in [5.41, 5.74) is 8.78. The lowest BCUT2D eigenvalue weighted by Gasteiger charge is -2.32. The van der Waals surface area contributed by atoms with E-state index >= 15 is 0 Å². The second-order valence-corrected chi connectivity index (χ2v) is 6.38. The van der Waals surface area contributed by atoms with Crippen molar-refractivity contribution in [3.63, 3.8) is 0 Å². The number of hydrogen-bond donors (Lipinski definition) is 1. The molecule has 21 heavy (non-hydrogen) atoms. The molecule has 1 fully saturated rings. The summed E-state index contributed by atoms with van der Waals surface area (Å²) in [5, 5.41) is 1.01. The predicted octanol–water partition coefficient (Wildman–Crippen LogP) is 3.78. The number of aryl methyl sites for hydroxylation is 1. The van der Waals surface area contributed by atoms with Gasteiger partial charge in [0.25, 0.3) is 0 Å². The highest BCUT2D eigenvalue weighted by Gasteiger charge is 2.30. The third-order valence-electron chi connectivity index (χ3n) is 4.51. The van der Waals surface area contributed by atoms with Gasteiger partial charge in [-0.2, -0.15) is 0 Å². The van der Waals surface area contributed by atoms with Crippen molar-refractivity contribution in [3.8, 4) is 0 Å². The molecule has 0 amide bonds. The van der Waals surface area contributed by atoms with Crippen LogP contribution in [0.4, 0.5) is 0 Å². The van der Waals surface area contributed by atoms with Gasteiger partial charge in [-0.15, -0.1) is 0 Å². The van der Waals surface area contributed by atoms with Crippen LogP contribution in [0, 0.1) is 6.92 Å². The lowest BCUT2D eigenvalue weighted by atomic mass is 9.78. The van der Waals surface area contributed by atoms with Crippen LogP contribution in [0.5, 0.6) is 0 Å². The smallest absolute Gasteiger partial charge is 0.164 e. The molecule has 0 saturated heterocycles. The topological polar surface area (TPSA) is 56.0 Å². The number of hydrogen-bond acceptors (Lipinski definition) is 3. The maximum absolute atomic E-state index is 12.5. The second-order valence-electron chi connectivity index (χ2n) is 6.38.